The van der Waals surface area contributed by atoms with E-state index < -0.39 is 5.82 Å². The fourth-order valence-electron chi connectivity index (χ4n) is 3.44. The van der Waals surface area contributed by atoms with E-state index in [0.29, 0.717) is 5.69 Å². The van der Waals surface area contributed by atoms with Gasteiger partial charge in [0.25, 0.3) is 0 Å². The average Bonchev–Trinajstić information content (AvgIpc) is 3.28. The van der Waals surface area contributed by atoms with Crippen LogP contribution in [0.4, 0.5) is 15.2 Å². The molecule has 1 aromatic heterocycles. The molecule has 0 spiro atoms. The third kappa shape index (κ3) is 3.01. The number of aromatic nitrogens is 1. The van der Waals surface area contributed by atoms with Gasteiger partial charge in [0.15, 0.2) is 5.13 Å². The summed E-state index contributed by atoms with van der Waals surface area (Å²) >= 11 is 7.35. The Morgan fingerprint density at radius 2 is 1.81 bits per heavy atom. The van der Waals surface area contributed by atoms with Gasteiger partial charge in [-0.2, -0.15) is 0 Å². The van der Waals surface area contributed by atoms with Gasteiger partial charge in [-0.1, -0.05) is 48.0 Å². The van der Waals surface area contributed by atoms with E-state index >= 15 is 0 Å². The van der Waals surface area contributed by atoms with Gasteiger partial charge >= 0.3 is 0 Å². The van der Waals surface area contributed by atoms with Crippen LogP contribution in [0.3, 0.4) is 0 Å². The van der Waals surface area contributed by atoms with Crippen LogP contribution in [0.1, 0.15) is 11.1 Å². The zero-order valence-corrected chi connectivity index (χ0v) is 15.7. The number of thiazole rings is 1. The first-order chi connectivity index (χ1) is 13.2. The van der Waals surface area contributed by atoms with Crippen molar-refractivity contribution in [2.75, 3.05) is 5.32 Å². The maximum Gasteiger partial charge on any atom is 0.187 e. The standard InChI is InChI=1S/C22H14ClFN2S/c23-19-11-16(7-8-20(19)24)25-22-26-21(12-27-22)15-6-5-14-9-13-3-1-2-4-17(13)18(14)10-15/h1-8,10-12H,9H2,(H,25,26). The molecule has 0 bridgehead atoms. The molecule has 5 rings (SSSR count). The molecular formula is C22H14ClFN2S. The van der Waals surface area contributed by atoms with Gasteiger partial charge in [0.2, 0.25) is 0 Å². The highest BCUT2D eigenvalue weighted by Gasteiger charge is 2.18. The number of hydrogen-bond acceptors (Lipinski definition) is 3. The Balaban J connectivity index is 1.45. The van der Waals surface area contributed by atoms with Crippen molar-refractivity contribution in [1.29, 1.82) is 0 Å². The molecule has 1 aliphatic rings. The molecule has 0 atom stereocenters. The Morgan fingerprint density at radius 1 is 0.963 bits per heavy atom. The average molecular weight is 393 g/mol. The lowest BCUT2D eigenvalue weighted by Crippen LogP contribution is -1.90. The smallest absolute Gasteiger partial charge is 0.187 e. The third-order valence-electron chi connectivity index (χ3n) is 4.77. The lowest BCUT2D eigenvalue weighted by Gasteiger charge is -2.05. The van der Waals surface area contributed by atoms with E-state index in [1.807, 2.05) is 5.38 Å². The van der Waals surface area contributed by atoms with E-state index in [0.717, 1.165) is 22.8 Å². The van der Waals surface area contributed by atoms with E-state index in [1.165, 1.54) is 39.7 Å². The predicted octanol–water partition coefficient (Wildman–Crippen LogP) is 6.92. The molecule has 1 heterocycles. The highest BCUT2D eigenvalue weighted by molar-refractivity contribution is 7.14. The maximum atomic E-state index is 13.3. The molecule has 1 N–H and O–H groups in total. The van der Waals surface area contributed by atoms with Crippen molar-refractivity contribution in [1.82, 2.24) is 4.98 Å². The SMILES string of the molecule is Fc1ccc(Nc2nc(-c3ccc4c(c3)-c3ccccc3C4)cs2)cc1Cl. The molecule has 0 radical (unpaired) electrons. The summed E-state index contributed by atoms with van der Waals surface area (Å²) in [5.41, 5.74) is 8.05. The molecular weight excluding hydrogens is 379 g/mol. The molecule has 27 heavy (non-hydrogen) atoms. The zero-order valence-electron chi connectivity index (χ0n) is 14.2. The number of halogens is 2. The number of fused-ring (bicyclic) bond motifs is 3. The Hall–Kier alpha value is -2.69. The molecule has 0 amide bonds. The lowest BCUT2D eigenvalue weighted by molar-refractivity contribution is 0.628. The molecule has 1 aliphatic carbocycles. The van der Waals surface area contributed by atoms with Gasteiger partial charge in [-0.05, 0) is 52.9 Å². The summed E-state index contributed by atoms with van der Waals surface area (Å²) in [5, 5.41) is 6.05. The summed E-state index contributed by atoms with van der Waals surface area (Å²) in [5.74, 6) is -0.430. The summed E-state index contributed by atoms with van der Waals surface area (Å²) in [4.78, 5) is 4.68. The summed E-state index contributed by atoms with van der Waals surface area (Å²) in [7, 11) is 0. The molecule has 0 aliphatic heterocycles. The number of anilines is 2. The highest BCUT2D eigenvalue weighted by Crippen LogP contribution is 2.39. The second-order valence-corrected chi connectivity index (χ2v) is 7.76. The van der Waals surface area contributed by atoms with Crippen molar-refractivity contribution < 1.29 is 4.39 Å². The number of benzene rings is 3. The summed E-state index contributed by atoms with van der Waals surface area (Å²) in [6.07, 6.45) is 0.987. The molecule has 4 aromatic rings. The van der Waals surface area contributed by atoms with Gasteiger partial charge < -0.3 is 5.32 Å². The Kier molecular flexibility index (Phi) is 3.96. The van der Waals surface area contributed by atoms with Crippen LogP contribution in [0, 0.1) is 5.82 Å². The van der Waals surface area contributed by atoms with Crippen LogP contribution >= 0.6 is 22.9 Å². The van der Waals surface area contributed by atoms with Gasteiger partial charge in [-0.15, -0.1) is 11.3 Å². The Bertz CT molecular complexity index is 1170. The fourth-order valence-corrected chi connectivity index (χ4v) is 4.36. The van der Waals surface area contributed by atoms with Crippen molar-refractivity contribution in [2.24, 2.45) is 0 Å². The molecule has 132 valence electrons. The quantitative estimate of drug-likeness (QED) is 0.360. The van der Waals surface area contributed by atoms with E-state index in [2.05, 4.69) is 52.8 Å². The second-order valence-electron chi connectivity index (χ2n) is 6.50. The van der Waals surface area contributed by atoms with Crippen LogP contribution in [-0.4, -0.2) is 4.98 Å². The minimum absolute atomic E-state index is 0.0917. The summed E-state index contributed by atoms with van der Waals surface area (Å²) < 4.78 is 13.3. The minimum atomic E-state index is -0.430. The monoisotopic (exact) mass is 392 g/mol. The Morgan fingerprint density at radius 3 is 2.70 bits per heavy atom. The van der Waals surface area contributed by atoms with E-state index in [9.17, 15) is 4.39 Å². The van der Waals surface area contributed by atoms with E-state index in [-0.39, 0.29) is 5.02 Å². The van der Waals surface area contributed by atoms with Crippen LogP contribution in [-0.2, 0) is 6.42 Å². The van der Waals surface area contributed by atoms with Gasteiger partial charge in [0.1, 0.15) is 5.82 Å². The van der Waals surface area contributed by atoms with Gasteiger partial charge in [-0.3, -0.25) is 0 Å². The molecule has 0 saturated heterocycles. The number of nitrogens with zero attached hydrogens (tertiary/aromatic N) is 1. The van der Waals surface area contributed by atoms with Crippen molar-refractivity contribution >= 4 is 33.8 Å². The van der Waals surface area contributed by atoms with Crippen molar-refractivity contribution in [3.63, 3.8) is 0 Å². The van der Waals surface area contributed by atoms with Crippen LogP contribution in [0.2, 0.25) is 5.02 Å². The van der Waals surface area contributed by atoms with Gasteiger partial charge in [-0.25, -0.2) is 9.37 Å². The van der Waals surface area contributed by atoms with Crippen LogP contribution in [0.25, 0.3) is 22.4 Å². The molecule has 3 aromatic carbocycles. The van der Waals surface area contributed by atoms with Crippen molar-refractivity contribution in [2.45, 2.75) is 6.42 Å². The third-order valence-corrected chi connectivity index (χ3v) is 5.82. The number of hydrogen-bond donors (Lipinski definition) is 1. The van der Waals surface area contributed by atoms with Gasteiger partial charge in [0.05, 0.1) is 10.7 Å². The summed E-state index contributed by atoms with van der Waals surface area (Å²) in [6, 6.07) is 19.6. The predicted molar refractivity (Wildman–Crippen MR) is 110 cm³/mol. The molecule has 0 unspecified atom stereocenters. The highest BCUT2D eigenvalue weighted by atomic mass is 35.5. The first-order valence-electron chi connectivity index (χ1n) is 8.56. The molecule has 2 nitrogen and oxygen atoms in total. The molecule has 0 saturated carbocycles. The van der Waals surface area contributed by atoms with Crippen LogP contribution in [0.15, 0.2) is 66.0 Å². The molecule has 0 fully saturated rings. The largest absolute Gasteiger partial charge is 0.331 e. The van der Waals surface area contributed by atoms with E-state index in [1.54, 1.807) is 12.1 Å². The normalized spacial score (nSPS) is 11.9. The lowest BCUT2D eigenvalue weighted by atomic mass is 10.0. The minimum Gasteiger partial charge on any atom is -0.331 e. The second kappa shape index (κ2) is 6.48. The first kappa shape index (κ1) is 16.5. The topological polar surface area (TPSA) is 24.9 Å². The fraction of sp³-hybridized carbons (Fsp3) is 0.0455. The van der Waals surface area contributed by atoms with Crippen LogP contribution < -0.4 is 5.32 Å². The Labute approximate surface area is 165 Å². The number of nitrogens with one attached hydrogen (secondary N) is 1. The zero-order chi connectivity index (χ0) is 18.4. The van der Waals surface area contributed by atoms with E-state index in [4.69, 9.17) is 11.6 Å². The molecule has 5 heteroatoms. The van der Waals surface area contributed by atoms with Crippen molar-refractivity contribution in [3.8, 4) is 22.4 Å². The van der Waals surface area contributed by atoms with Crippen molar-refractivity contribution in [3.05, 3.63) is 88.0 Å². The number of rotatable bonds is 3. The van der Waals surface area contributed by atoms with Gasteiger partial charge in [0, 0.05) is 16.6 Å². The van der Waals surface area contributed by atoms with Crippen LogP contribution in [0.5, 0.6) is 0 Å². The summed E-state index contributed by atoms with van der Waals surface area (Å²) in [6.45, 7) is 0. The maximum absolute atomic E-state index is 13.3. The first-order valence-corrected chi connectivity index (χ1v) is 9.82.